The number of hydrogen-bond acceptors (Lipinski definition) is 2. The maximum absolute atomic E-state index is 9.58. The maximum Gasteiger partial charge on any atom is 0.193 e. The number of nitrogens with zero attached hydrogens (tertiary/aromatic N) is 1. The van der Waals surface area contributed by atoms with Gasteiger partial charge in [0, 0.05) is 5.41 Å². The summed E-state index contributed by atoms with van der Waals surface area (Å²) in [6.45, 7) is 23.4. The van der Waals surface area contributed by atoms with Gasteiger partial charge in [-0.25, -0.2) is 0 Å². The molecule has 2 nitrogen and oxygen atoms in total. The van der Waals surface area contributed by atoms with Crippen LogP contribution in [0.3, 0.4) is 0 Å². The third kappa shape index (κ3) is 3.70. The van der Waals surface area contributed by atoms with Crippen LogP contribution in [-0.2, 0) is 4.43 Å². The van der Waals surface area contributed by atoms with Crippen LogP contribution >= 0.6 is 0 Å². The molecule has 0 radical (unpaired) electrons. The molecule has 0 unspecified atom stereocenters. The van der Waals surface area contributed by atoms with Crippen LogP contribution < -0.4 is 0 Å². The number of nitriles is 1. The Labute approximate surface area is 121 Å². The molecular weight excluding hydrogens is 250 g/mol. The smallest absolute Gasteiger partial charge is 0.193 e. The minimum absolute atomic E-state index is 0.0719. The van der Waals surface area contributed by atoms with E-state index in [2.05, 4.69) is 74.2 Å². The summed E-state index contributed by atoms with van der Waals surface area (Å²) >= 11 is 0. The van der Waals surface area contributed by atoms with Gasteiger partial charge in [-0.15, -0.1) is 6.58 Å². The van der Waals surface area contributed by atoms with Gasteiger partial charge in [0.2, 0.25) is 0 Å². The summed E-state index contributed by atoms with van der Waals surface area (Å²) in [7, 11) is -1.96. The third-order valence-electron chi connectivity index (χ3n) is 4.92. The van der Waals surface area contributed by atoms with Crippen LogP contribution in [0.15, 0.2) is 12.7 Å². The zero-order chi connectivity index (χ0) is 15.7. The second-order valence-electron chi connectivity index (χ2n) is 8.12. The van der Waals surface area contributed by atoms with E-state index in [4.69, 9.17) is 4.43 Å². The topological polar surface area (TPSA) is 33.0 Å². The average molecular weight is 282 g/mol. The van der Waals surface area contributed by atoms with Gasteiger partial charge >= 0.3 is 0 Å². The van der Waals surface area contributed by atoms with E-state index in [1.807, 2.05) is 6.08 Å². The molecule has 0 saturated heterocycles. The fourth-order valence-corrected chi connectivity index (χ4v) is 2.80. The first-order chi connectivity index (χ1) is 8.23. The lowest BCUT2D eigenvalue weighted by Crippen LogP contribution is -2.51. The SMILES string of the molecule is C=C[C@@](C)([C@H](C#N)O[Si](C)(C)C(C)(C)C)C(C)(C)C. The lowest BCUT2D eigenvalue weighted by Gasteiger charge is -2.47. The molecule has 0 heterocycles. The Bertz CT molecular complexity index is 368. The summed E-state index contributed by atoms with van der Waals surface area (Å²) in [5, 5.41) is 9.68. The van der Waals surface area contributed by atoms with Gasteiger partial charge in [0.15, 0.2) is 8.32 Å². The minimum atomic E-state index is -1.96. The van der Waals surface area contributed by atoms with Crippen molar-refractivity contribution in [1.82, 2.24) is 0 Å². The largest absolute Gasteiger partial charge is 0.401 e. The van der Waals surface area contributed by atoms with Crippen LogP contribution in [0, 0.1) is 22.2 Å². The molecule has 0 spiro atoms. The van der Waals surface area contributed by atoms with E-state index in [1.165, 1.54) is 0 Å². The second kappa shape index (κ2) is 5.42. The van der Waals surface area contributed by atoms with E-state index in [-0.39, 0.29) is 15.9 Å². The Hall–Kier alpha value is -0.593. The zero-order valence-corrected chi connectivity index (χ0v) is 15.2. The molecule has 0 rings (SSSR count). The van der Waals surface area contributed by atoms with Crippen LogP contribution in [0.4, 0.5) is 0 Å². The zero-order valence-electron chi connectivity index (χ0n) is 14.2. The van der Waals surface area contributed by atoms with Crippen LogP contribution in [0.1, 0.15) is 48.5 Å². The fourth-order valence-electron chi connectivity index (χ4n) is 1.56. The molecule has 0 saturated carbocycles. The van der Waals surface area contributed by atoms with E-state index in [0.29, 0.717) is 0 Å². The van der Waals surface area contributed by atoms with E-state index in [9.17, 15) is 5.26 Å². The quantitative estimate of drug-likeness (QED) is 0.528. The van der Waals surface area contributed by atoms with Crippen LogP contribution in [0.5, 0.6) is 0 Å². The summed E-state index contributed by atoms with van der Waals surface area (Å²) in [5.41, 5.74) is -0.436. The summed E-state index contributed by atoms with van der Waals surface area (Å²) in [5.74, 6) is 0. The standard InChI is InChI=1S/C16H31NOSi/c1-11-16(8,14(2,3)4)13(12-17)18-19(9,10)15(5,6)7/h11,13H,1H2,2-10H3/t13-,16-/m0/s1. The lowest BCUT2D eigenvalue weighted by atomic mass is 9.65. The van der Waals surface area contributed by atoms with E-state index >= 15 is 0 Å². The Morgan fingerprint density at radius 2 is 1.53 bits per heavy atom. The first-order valence-electron chi connectivity index (χ1n) is 6.94. The predicted octanol–water partition coefficient (Wildman–Crippen LogP) is 5.14. The Morgan fingerprint density at radius 1 is 1.11 bits per heavy atom. The van der Waals surface area contributed by atoms with Gasteiger partial charge in [-0.3, -0.25) is 0 Å². The second-order valence-corrected chi connectivity index (χ2v) is 12.9. The molecule has 0 aliphatic rings. The van der Waals surface area contributed by atoms with Crippen LogP contribution in [0.2, 0.25) is 18.1 Å². The van der Waals surface area contributed by atoms with Crippen LogP contribution in [0.25, 0.3) is 0 Å². The minimum Gasteiger partial charge on any atom is -0.401 e. The molecule has 0 aliphatic carbocycles. The molecule has 110 valence electrons. The highest BCUT2D eigenvalue weighted by atomic mass is 28.4. The molecule has 0 N–H and O–H groups in total. The van der Waals surface area contributed by atoms with Crippen molar-refractivity contribution in [2.45, 2.75) is 72.7 Å². The molecule has 19 heavy (non-hydrogen) atoms. The molecule has 0 aromatic carbocycles. The summed E-state index contributed by atoms with van der Waals surface area (Å²) < 4.78 is 6.34. The highest BCUT2D eigenvalue weighted by molar-refractivity contribution is 6.74. The third-order valence-corrected chi connectivity index (χ3v) is 9.36. The number of hydrogen-bond donors (Lipinski definition) is 0. The van der Waals surface area contributed by atoms with Gasteiger partial charge in [-0.05, 0) is 23.5 Å². The lowest BCUT2D eigenvalue weighted by molar-refractivity contribution is 0.0391. The number of rotatable bonds is 4. The molecule has 0 bridgehead atoms. The summed E-state index contributed by atoms with van der Waals surface area (Å²) in [6.07, 6.45) is 1.43. The maximum atomic E-state index is 9.58. The van der Waals surface area contributed by atoms with Crippen molar-refractivity contribution in [2.24, 2.45) is 10.8 Å². The first kappa shape index (κ1) is 18.4. The average Bonchev–Trinajstić information content (AvgIpc) is 2.21. The van der Waals surface area contributed by atoms with Gasteiger partial charge < -0.3 is 4.43 Å². The summed E-state index contributed by atoms with van der Waals surface area (Å²) in [4.78, 5) is 0. The highest BCUT2D eigenvalue weighted by Crippen LogP contribution is 2.46. The van der Waals surface area contributed by atoms with Crippen molar-refractivity contribution in [2.75, 3.05) is 0 Å². The molecule has 0 fully saturated rings. The van der Waals surface area contributed by atoms with Crippen molar-refractivity contribution in [3.63, 3.8) is 0 Å². The highest BCUT2D eigenvalue weighted by Gasteiger charge is 2.48. The van der Waals surface area contributed by atoms with Crippen molar-refractivity contribution < 1.29 is 4.43 Å². The first-order valence-corrected chi connectivity index (χ1v) is 9.85. The molecule has 0 aliphatic heterocycles. The predicted molar refractivity (Wildman–Crippen MR) is 85.4 cm³/mol. The van der Waals surface area contributed by atoms with Gasteiger partial charge in [-0.1, -0.05) is 54.5 Å². The molecule has 2 atom stereocenters. The Kier molecular flexibility index (Phi) is 5.25. The van der Waals surface area contributed by atoms with Gasteiger partial charge in [0.25, 0.3) is 0 Å². The molecule has 0 aromatic rings. The molecular formula is C16H31NOSi. The fraction of sp³-hybridized carbons (Fsp3) is 0.812. The van der Waals surface area contributed by atoms with E-state index in [0.717, 1.165) is 0 Å². The van der Waals surface area contributed by atoms with Crippen molar-refractivity contribution in [3.05, 3.63) is 12.7 Å². The molecule has 0 amide bonds. The van der Waals surface area contributed by atoms with Crippen molar-refractivity contribution in [1.29, 1.82) is 5.26 Å². The monoisotopic (exact) mass is 281 g/mol. The van der Waals surface area contributed by atoms with E-state index in [1.54, 1.807) is 0 Å². The van der Waals surface area contributed by atoms with Crippen LogP contribution in [-0.4, -0.2) is 14.4 Å². The summed E-state index contributed by atoms with van der Waals surface area (Å²) in [6, 6.07) is 2.37. The van der Waals surface area contributed by atoms with Gasteiger partial charge in [0.1, 0.15) is 6.10 Å². The van der Waals surface area contributed by atoms with Crippen molar-refractivity contribution in [3.8, 4) is 6.07 Å². The molecule has 0 aromatic heterocycles. The van der Waals surface area contributed by atoms with Crippen molar-refractivity contribution >= 4 is 8.32 Å². The Morgan fingerprint density at radius 3 is 1.74 bits per heavy atom. The van der Waals surface area contributed by atoms with E-state index < -0.39 is 14.4 Å². The Balaban J connectivity index is 5.49. The normalized spacial score (nSPS) is 18.3. The van der Waals surface area contributed by atoms with Gasteiger partial charge in [0.05, 0.1) is 6.07 Å². The molecule has 3 heteroatoms. The van der Waals surface area contributed by atoms with Gasteiger partial charge in [-0.2, -0.15) is 5.26 Å².